The minimum atomic E-state index is -0.888. The maximum atomic E-state index is 10.5. The van der Waals surface area contributed by atoms with Crippen molar-refractivity contribution in [2.45, 2.75) is 27.2 Å². The summed E-state index contributed by atoms with van der Waals surface area (Å²) in [5.41, 5.74) is 2.23. The molecule has 0 heterocycles. The molecule has 0 atom stereocenters. The number of nitrogens with one attached hydrogen (secondary N) is 1. The lowest BCUT2D eigenvalue weighted by molar-refractivity contribution is 0.0697. The van der Waals surface area contributed by atoms with Crippen LogP contribution in [0.4, 0.5) is 5.69 Å². The fourth-order valence-corrected chi connectivity index (χ4v) is 1.08. The van der Waals surface area contributed by atoms with Crippen LogP contribution in [0, 0.1) is 6.92 Å². The molecule has 0 saturated carbocycles. The molecule has 1 aromatic rings. The number of hydrogen-bond acceptors (Lipinski definition) is 2. The second kappa shape index (κ2) is 6.87. The van der Waals surface area contributed by atoms with E-state index in [1.807, 2.05) is 14.0 Å². The molecule has 0 aliphatic carbocycles. The standard InChI is InChI=1S/C9H11NO2.C3H8/c1-6-5-7(9(11)12)3-4-8(6)10-2;1-3-2/h3-5,10H,1-2H3,(H,11,12);3H2,1-2H3. The van der Waals surface area contributed by atoms with Gasteiger partial charge >= 0.3 is 5.97 Å². The number of aromatic carboxylic acids is 1. The van der Waals surface area contributed by atoms with Crippen molar-refractivity contribution >= 4 is 11.7 Å². The van der Waals surface area contributed by atoms with Crippen LogP contribution in [0.5, 0.6) is 0 Å². The monoisotopic (exact) mass is 209 g/mol. The van der Waals surface area contributed by atoms with Crippen molar-refractivity contribution in [2.24, 2.45) is 0 Å². The fourth-order valence-electron chi connectivity index (χ4n) is 1.08. The van der Waals surface area contributed by atoms with Crippen LogP contribution >= 0.6 is 0 Å². The van der Waals surface area contributed by atoms with Gasteiger partial charge in [0.25, 0.3) is 0 Å². The van der Waals surface area contributed by atoms with E-state index in [-0.39, 0.29) is 0 Å². The van der Waals surface area contributed by atoms with Crippen LogP contribution in [-0.4, -0.2) is 18.1 Å². The Morgan fingerprint density at radius 3 is 2.27 bits per heavy atom. The smallest absolute Gasteiger partial charge is 0.335 e. The Kier molecular flexibility index (Phi) is 6.18. The number of carboxylic acid groups (broad SMARTS) is 1. The summed E-state index contributed by atoms with van der Waals surface area (Å²) in [5, 5.41) is 11.6. The SMILES string of the molecule is CCC.CNc1ccc(C(=O)O)cc1C. The van der Waals surface area contributed by atoms with Gasteiger partial charge in [0.1, 0.15) is 0 Å². The Labute approximate surface area is 91.1 Å². The Balaban J connectivity index is 0.000000583. The third-order valence-corrected chi connectivity index (χ3v) is 1.74. The van der Waals surface area contributed by atoms with Gasteiger partial charge in [0, 0.05) is 12.7 Å². The number of anilines is 1. The van der Waals surface area contributed by atoms with E-state index >= 15 is 0 Å². The lowest BCUT2D eigenvalue weighted by atomic mass is 10.1. The molecule has 0 aliphatic rings. The largest absolute Gasteiger partial charge is 0.478 e. The van der Waals surface area contributed by atoms with Crippen LogP contribution in [0.1, 0.15) is 36.2 Å². The van der Waals surface area contributed by atoms with Gasteiger partial charge in [-0.2, -0.15) is 0 Å². The predicted octanol–water partition coefficient (Wildman–Crippen LogP) is 3.15. The normalized spacial score (nSPS) is 8.80. The number of rotatable bonds is 2. The minimum Gasteiger partial charge on any atom is -0.478 e. The average Bonchev–Trinajstić information content (AvgIpc) is 2.18. The van der Waals surface area contributed by atoms with Crippen LogP contribution in [0.2, 0.25) is 0 Å². The molecular formula is C12H19NO2. The molecule has 0 aliphatic heterocycles. The zero-order chi connectivity index (χ0) is 11.8. The van der Waals surface area contributed by atoms with Crippen LogP contribution in [-0.2, 0) is 0 Å². The van der Waals surface area contributed by atoms with E-state index in [0.29, 0.717) is 5.56 Å². The van der Waals surface area contributed by atoms with Gasteiger partial charge in [-0.05, 0) is 30.7 Å². The summed E-state index contributed by atoms with van der Waals surface area (Å²) in [7, 11) is 1.81. The van der Waals surface area contributed by atoms with Gasteiger partial charge in [0.2, 0.25) is 0 Å². The fraction of sp³-hybridized carbons (Fsp3) is 0.417. The van der Waals surface area contributed by atoms with E-state index in [1.54, 1.807) is 18.2 Å². The molecule has 1 rings (SSSR count). The second-order valence-corrected chi connectivity index (χ2v) is 3.29. The van der Waals surface area contributed by atoms with Crippen molar-refractivity contribution in [3.05, 3.63) is 29.3 Å². The number of benzene rings is 1. The van der Waals surface area contributed by atoms with Crippen LogP contribution in [0.15, 0.2) is 18.2 Å². The molecule has 15 heavy (non-hydrogen) atoms. The molecule has 0 amide bonds. The lowest BCUT2D eigenvalue weighted by Gasteiger charge is -2.04. The van der Waals surface area contributed by atoms with Gasteiger partial charge in [0.05, 0.1) is 5.56 Å². The second-order valence-electron chi connectivity index (χ2n) is 3.29. The topological polar surface area (TPSA) is 49.3 Å². The Morgan fingerprint density at radius 1 is 1.40 bits per heavy atom. The molecule has 84 valence electrons. The maximum absolute atomic E-state index is 10.5. The van der Waals surface area contributed by atoms with E-state index in [1.165, 1.54) is 6.42 Å². The highest BCUT2D eigenvalue weighted by atomic mass is 16.4. The summed E-state index contributed by atoms with van der Waals surface area (Å²) in [6, 6.07) is 4.99. The van der Waals surface area contributed by atoms with Gasteiger partial charge in [-0.1, -0.05) is 20.3 Å². The highest BCUT2D eigenvalue weighted by Crippen LogP contribution is 2.15. The molecule has 0 fully saturated rings. The van der Waals surface area contributed by atoms with E-state index in [9.17, 15) is 4.79 Å². The van der Waals surface area contributed by atoms with Crippen molar-refractivity contribution in [2.75, 3.05) is 12.4 Å². The van der Waals surface area contributed by atoms with Crippen molar-refractivity contribution in [1.82, 2.24) is 0 Å². The zero-order valence-corrected chi connectivity index (χ0v) is 9.79. The van der Waals surface area contributed by atoms with Gasteiger partial charge in [0.15, 0.2) is 0 Å². The first-order valence-corrected chi connectivity index (χ1v) is 5.08. The first-order chi connectivity index (χ1) is 7.06. The molecule has 0 spiro atoms. The molecule has 0 aromatic heterocycles. The van der Waals surface area contributed by atoms with Gasteiger partial charge < -0.3 is 10.4 Å². The molecule has 2 N–H and O–H groups in total. The predicted molar refractivity (Wildman–Crippen MR) is 63.7 cm³/mol. The third-order valence-electron chi connectivity index (χ3n) is 1.74. The van der Waals surface area contributed by atoms with Crippen molar-refractivity contribution in [3.63, 3.8) is 0 Å². The quantitative estimate of drug-likeness (QED) is 0.786. The van der Waals surface area contributed by atoms with Crippen LogP contribution in [0.3, 0.4) is 0 Å². The number of aryl methyl sites for hydroxylation is 1. The summed E-state index contributed by atoms with van der Waals surface area (Å²) < 4.78 is 0. The highest BCUT2D eigenvalue weighted by molar-refractivity contribution is 5.88. The van der Waals surface area contributed by atoms with E-state index in [0.717, 1.165) is 11.3 Å². The lowest BCUT2D eigenvalue weighted by Crippen LogP contribution is -1.98. The molecular weight excluding hydrogens is 190 g/mol. The third kappa shape index (κ3) is 4.49. The molecule has 0 radical (unpaired) electrons. The van der Waals surface area contributed by atoms with Gasteiger partial charge in [-0.3, -0.25) is 0 Å². The molecule has 0 unspecified atom stereocenters. The average molecular weight is 209 g/mol. The Hall–Kier alpha value is -1.51. The Bertz CT molecular complexity index is 321. The van der Waals surface area contributed by atoms with Crippen molar-refractivity contribution in [3.8, 4) is 0 Å². The number of carbonyl (C=O) groups is 1. The molecule has 3 nitrogen and oxygen atoms in total. The number of carboxylic acids is 1. The summed E-state index contributed by atoms with van der Waals surface area (Å²) in [5.74, 6) is -0.888. The Morgan fingerprint density at radius 2 is 1.93 bits per heavy atom. The summed E-state index contributed by atoms with van der Waals surface area (Å²) in [6.07, 6.45) is 1.25. The van der Waals surface area contributed by atoms with Crippen molar-refractivity contribution < 1.29 is 9.90 Å². The molecule has 0 bridgehead atoms. The van der Waals surface area contributed by atoms with Crippen LogP contribution in [0.25, 0.3) is 0 Å². The number of hydrogen-bond donors (Lipinski definition) is 2. The van der Waals surface area contributed by atoms with E-state index in [2.05, 4.69) is 19.2 Å². The zero-order valence-electron chi connectivity index (χ0n) is 9.79. The van der Waals surface area contributed by atoms with E-state index < -0.39 is 5.97 Å². The summed E-state index contributed by atoms with van der Waals surface area (Å²) in [4.78, 5) is 10.5. The first-order valence-electron chi connectivity index (χ1n) is 5.08. The van der Waals surface area contributed by atoms with Crippen molar-refractivity contribution in [1.29, 1.82) is 0 Å². The van der Waals surface area contributed by atoms with E-state index in [4.69, 9.17) is 5.11 Å². The highest BCUT2D eigenvalue weighted by Gasteiger charge is 2.03. The van der Waals surface area contributed by atoms with Gasteiger partial charge in [-0.25, -0.2) is 4.79 Å². The minimum absolute atomic E-state index is 0.325. The van der Waals surface area contributed by atoms with Crippen LogP contribution < -0.4 is 5.32 Å². The summed E-state index contributed by atoms with van der Waals surface area (Å²) >= 11 is 0. The molecule has 3 heteroatoms. The first kappa shape index (κ1) is 13.5. The van der Waals surface area contributed by atoms with Gasteiger partial charge in [-0.15, -0.1) is 0 Å². The summed E-state index contributed by atoms with van der Waals surface area (Å²) in [6.45, 7) is 6.12. The maximum Gasteiger partial charge on any atom is 0.335 e. The molecule has 0 saturated heterocycles. The molecule has 1 aromatic carbocycles.